The minimum atomic E-state index is -3.73. The van der Waals surface area contributed by atoms with Crippen LogP contribution < -0.4 is 14.4 Å². The van der Waals surface area contributed by atoms with Crippen LogP contribution in [0.2, 0.25) is 10.0 Å². The minimum absolute atomic E-state index is 0.215. The Morgan fingerprint density at radius 2 is 1.80 bits per heavy atom. The molecule has 0 heterocycles. The molecule has 0 aliphatic heterocycles. The number of hydrogen-bond donors (Lipinski definition) is 1. The summed E-state index contributed by atoms with van der Waals surface area (Å²) in [4.78, 5) is 12.8. The van der Waals surface area contributed by atoms with Crippen LogP contribution in [-0.4, -0.2) is 39.8 Å². The largest absolute Gasteiger partial charge is 0.492 e. The Morgan fingerprint density at radius 3 is 2.40 bits per heavy atom. The van der Waals surface area contributed by atoms with Gasteiger partial charge in [0.05, 0.1) is 18.5 Å². The summed E-state index contributed by atoms with van der Waals surface area (Å²) in [6.45, 7) is 5.86. The molecule has 0 spiro atoms. The van der Waals surface area contributed by atoms with Gasteiger partial charge < -0.3 is 10.1 Å². The van der Waals surface area contributed by atoms with E-state index in [1.54, 1.807) is 44.2 Å². The fourth-order valence-electron chi connectivity index (χ4n) is 2.98. The highest BCUT2D eigenvalue weighted by Crippen LogP contribution is 2.29. The van der Waals surface area contributed by atoms with Crippen LogP contribution >= 0.6 is 23.2 Å². The Morgan fingerprint density at radius 1 is 1.13 bits per heavy atom. The Labute approximate surface area is 188 Å². The van der Waals surface area contributed by atoms with Crippen molar-refractivity contribution >= 4 is 44.8 Å². The molecule has 2 rings (SSSR count). The van der Waals surface area contributed by atoms with Gasteiger partial charge in [0.1, 0.15) is 18.4 Å². The SMILES string of the molecule is CC[C@H](C(=O)NCCOc1ccc(C)c(Cl)c1)N(c1cc(Cl)ccc1C)S(C)(=O)=O. The average molecular weight is 473 g/mol. The number of amides is 1. The molecule has 0 aliphatic carbocycles. The first kappa shape index (κ1) is 24.3. The molecule has 0 aromatic heterocycles. The maximum atomic E-state index is 12.8. The first-order chi connectivity index (χ1) is 14.0. The van der Waals surface area contributed by atoms with Gasteiger partial charge in [-0.05, 0) is 55.7 Å². The molecular formula is C21H26Cl2N2O4S. The number of halogens is 2. The Hall–Kier alpha value is -1.96. The number of hydrogen-bond acceptors (Lipinski definition) is 4. The molecule has 2 aromatic carbocycles. The highest BCUT2D eigenvalue weighted by molar-refractivity contribution is 7.92. The molecule has 0 fully saturated rings. The Bertz CT molecular complexity index is 1010. The molecule has 164 valence electrons. The maximum absolute atomic E-state index is 12.8. The second-order valence-electron chi connectivity index (χ2n) is 6.96. The Balaban J connectivity index is 2.10. The first-order valence-electron chi connectivity index (χ1n) is 9.46. The molecule has 0 saturated heterocycles. The predicted octanol–water partition coefficient (Wildman–Crippen LogP) is 4.35. The molecule has 0 radical (unpaired) electrons. The standard InChI is InChI=1S/C21H26Cl2N2O4S/c1-5-19(25(30(4,27)28)20-12-16(22)8-6-15(20)3)21(26)24-10-11-29-17-9-7-14(2)18(23)13-17/h6-9,12-13,19H,5,10-11H2,1-4H3,(H,24,26)/t19-/m1/s1. The average Bonchev–Trinajstić information content (AvgIpc) is 2.67. The van der Waals surface area contributed by atoms with Crippen LogP contribution in [0.1, 0.15) is 24.5 Å². The van der Waals surface area contributed by atoms with Gasteiger partial charge in [-0.1, -0.05) is 42.3 Å². The van der Waals surface area contributed by atoms with Crippen molar-refractivity contribution in [3.05, 3.63) is 57.6 Å². The van der Waals surface area contributed by atoms with Crippen molar-refractivity contribution in [2.24, 2.45) is 0 Å². The third-order valence-corrected chi connectivity index (χ3v) is 6.36. The van der Waals surface area contributed by atoms with Crippen LogP contribution in [0.5, 0.6) is 5.75 Å². The van der Waals surface area contributed by atoms with Crippen molar-refractivity contribution in [3.8, 4) is 5.75 Å². The van der Waals surface area contributed by atoms with E-state index in [2.05, 4.69) is 5.32 Å². The third-order valence-electron chi connectivity index (χ3n) is 4.55. The number of carbonyl (C=O) groups excluding carboxylic acids is 1. The van der Waals surface area contributed by atoms with Crippen molar-refractivity contribution in [2.75, 3.05) is 23.7 Å². The molecule has 1 N–H and O–H groups in total. The van der Waals surface area contributed by atoms with Gasteiger partial charge in [-0.3, -0.25) is 9.10 Å². The third kappa shape index (κ3) is 6.27. The number of anilines is 1. The van der Waals surface area contributed by atoms with Crippen LogP contribution in [0.4, 0.5) is 5.69 Å². The molecule has 6 nitrogen and oxygen atoms in total. The lowest BCUT2D eigenvalue weighted by Gasteiger charge is -2.31. The van der Waals surface area contributed by atoms with E-state index in [4.69, 9.17) is 27.9 Å². The number of nitrogens with one attached hydrogen (secondary N) is 1. The van der Waals surface area contributed by atoms with Gasteiger partial charge in [-0.25, -0.2) is 8.42 Å². The van der Waals surface area contributed by atoms with E-state index in [0.29, 0.717) is 33.5 Å². The molecular weight excluding hydrogens is 447 g/mol. The van der Waals surface area contributed by atoms with Gasteiger partial charge in [-0.15, -0.1) is 0 Å². The molecule has 0 bridgehead atoms. The smallest absolute Gasteiger partial charge is 0.244 e. The minimum Gasteiger partial charge on any atom is -0.492 e. The van der Waals surface area contributed by atoms with Crippen molar-refractivity contribution in [2.45, 2.75) is 33.2 Å². The fourth-order valence-corrected chi connectivity index (χ4v) is 4.58. The van der Waals surface area contributed by atoms with E-state index in [-0.39, 0.29) is 13.2 Å². The predicted molar refractivity (Wildman–Crippen MR) is 122 cm³/mol. The number of benzene rings is 2. The molecule has 9 heteroatoms. The fraction of sp³-hybridized carbons (Fsp3) is 0.381. The monoisotopic (exact) mass is 472 g/mol. The summed E-state index contributed by atoms with van der Waals surface area (Å²) in [5, 5.41) is 3.74. The molecule has 30 heavy (non-hydrogen) atoms. The van der Waals surface area contributed by atoms with Gasteiger partial charge in [0.25, 0.3) is 0 Å². The van der Waals surface area contributed by atoms with Crippen LogP contribution in [0, 0.1) is 13.8 Å². The van der Waals surface area contributed by atoms with E-state index in [9.17, 15) is 13.2 Å². The van der Waals surface area contributed by atoms with Crippen LogP contribution in [-0.2, 0) is 14.8 Å². The summed E-state index contributed by atoms with van der Waals surface area (Å²) in [5.41, 5.74) is 2.04. The lowest BCUT2D eigenvalue weighted by molar-refractivity contribution is -0.122. The molecule has 0 unspecified atom stereocenters. The van der Waals surface area contributed by atoms with Gasteiger partial charge >= 0.3 is 0 Å². The highest BCUT2D eigenvalue weighted by Gasteiger charge is 2.32. The zero-order valence-electron chi connectivity index (χ0n) is 17.4. The molecule has 0 saturated carbocycles. The normalized spacial score (nSPS) is 12.3. The van der Waals surface area contributed by atoms with Crippen LogP contribution in [0.25, 0.3) is 0 Å². The number of rotatable bonds is 9. The lowest BCUT2D eigenvalue weighted by Crippen LogP contribution is -2.50. The molecule has 1 amide bonds. The molecule has 2 aromatic rings. The number of nitrogens with zero attached hydrogens (tertiary/aromatic N) is 1. The van der Waals surface area contributed by atoms with Gasteiger partial charge in [0, 0.05) is 10.0 Å². The quantitative estimate of drug-likeness (QED) is 0.550. The second kappa shape index (κ2) is 10.4. The maximum Gasteiger partial charge on any atom is 0.244 e. The zero-order chi connectivity index (χ0) is 22.5. The van der Waals surface area contributed by atoms with Crippen molar-refractivity contribution in [1.82, 2.24) is 5.32 Å². The summed E-state index contributed by atoms with van der Waals surface area (Å²) in [6, 6.07) is 9.40. The van der Waals surface area contributed by atoms with Gasteiger partial charge in [0.2, 0.25) is 15.9 Å². The molecule has 0 aliphatic rings. The first-order valence-corrected chi connectivity index (χ1v) is 12.1. The topological polar surface area (TPSA) is 75.7 Å². The van der Waals surface area contributed by atoms with E-state index < -0.39 is 22.0 Å². The lowest BCUT2D eigenvalue weighted by atomic mass is 10.1. The zero-order valence-corrected chi connectivity index (χ0v) is 19.7. The number of aryl methyl sites for hydroxylation is 2. The summed E-state index contributed by atoms with van der Waals surface area (Å²) < 4.78 is 31.8. The van der Waals surface area contributed by atoms with Crippen LogP contribution in [0.3, 0.4) is 0 Å². The van der Waals surface area contributed by atoms with Gasteiger partial charge in [-0.2, -0.15) is 0 Å². The van der Waals surface area contributed by atoms with E-state index >= 15 is 0 Å². The van der Waals surface area contributed by atoms with Crippen LogP contribution in [0.15, 0.2) is 36.4 Å². The van der Waals surface area contributed by atoms with E-state index in [0.717, 1.165) is 16.1 Å². The Kier molecular flexibility index (Phi) is 8.41. The number of carbonyl (C=O) groups is 1. The van der Waals surface area contributed by atoms with Gasteiger partial charge in [0.15, 0.2) is 0 Å². The molecule has 1 atom stereocenters. The second-order valence-corrected chi connectivity index (χ2v) is 9.67. The van der Waals surface area contributed by atoms with Crippen molar-refractivity contribution < 1.29 is 17.9 Å². The van der Waals surface area contributed by atoms with E-state index in [1.807, 2.05) is 13.0 Å². The van der Waals surface area contributed by atoms with E-state index in [1.165, 1.54) is 0 Å². The summed E-state index contributed by atoms with van der Waals surface area (Å²) >= 11 is 12.1. The summed E-state index contributed by atoms with van der Waals surface area (Å²) in [6.07, 6.45) is 1.37. The highest BCUT2D eigenvalue weighted by atomic mass is 35.5. The van der Waals surface area contributed by atoms with Crippen molar-refractivity contribution in [3.63, 3.8) is 0 Å². The summed E-state index contributed by atoms with van der Waals surface area (Å²) in [5.74, 6) is 0.187. The number of sulfonamides is 1. The summed E-state index contributed by atoms with van der Waals surface area (Å²) in [7, 11) is -3.73. The van der Waals surface area contributed by atoms with Crippen molar-refractivity contribution in [1.29, 1.82) is 0 Å². The number of ether oxygens (including phenoxy) is 1.